The van der Waals surface area contributed by atoms with Crippen LogP contribution in [0, 0.1) is 5.92 Å². The van der Waals surface area contributed by atoms with Crippen LogP contribution in [0.2, 0.25) is 0 Å². The highest BCUT2D eigenvalue weighted by Crippen LogP contribution is 2.16. The van der Waals surface area contributed by atoms with Gasteiger partial charge >= 0.3 is 0 Å². The SMILES string of the molecule is CC(C)CC(Br)CNC(=O)Cc1ccc2ccccc2c1. The van der Waals surface area contributed by atoms with Crippen LogP contribution in [0.25, 0.3) is 10.8 Å². The molecule has 21 heavy (non-hydrogen) atoms. The molecular weight excluding hydrogens is 326 g/mol. The number of benzene rings is 2. The number of amides is 1. The summed E-state index contributed by atoms with van der Waals surface area (Å²) in [4.78, 5) is 12.4. The lowest BCUT2D eigenvalue weighted by molar-refractivity contribution is -0.120. The van der Waals surface area contributed by atoms with Crippen molar-refractivity contribution in [3.63, 3.8) is 0 Å². The molecule has 0 aliphatic heterocycles. The highest BCUT2D eigenvalue weighted by Gasteiger charge is 2.09. The summed E-state index contributed by atoms with van der Waals surface area (Å²) in [6.45, 7) is 5.06. The molecule has 0 saturated heterocycles. The molecule has 0 fully saturated rings. The second-order valence-electron chi connectivity index (χ2n) is 5.89. The highest BCUT2D eigenvalue weighted by atomic mass is 79.9. The molecule has 1 unspecified atom stereocenters. The molecular formula is C18H22BrNO. The van der Waals surface area contributed by atoms with Gasteiger partial charge in [0.1, 0.15) is 0 Å². The van der Waals surface area contributed by atoms with Crippen LogP contribution in [0.1, 0.15) is 25.8 Å². The fourth-order valence-electron chi connectivity index (χ4n) is 2.42. The lowest BCUT2D eigenvalue weighted by Gasteiger charge is -2.13. The van der Waals surface area contributed by atoms with Gasteiger partial charge in [0.05, 0.1) is 6.42 Å². The molecule has 3 heteroatoms. The van der Waals surface area contributed by atoms with Gasteiger partial charge in [0.2, 0.25) is 5.91 Å². The largest absolute Gasteiger partial charge is 0.355 e. The molecule has 1 N–H and O–H groups in total. The standard InChI is InChI=1S/C18H22BrNO/c1-13(2)9-17(19)12-20-18(21)11-14-7-8-15-5-3-4-6-16(15)10-14/h3-8,10,13,17H,9,11-12H2,1-2H3,(H,20,21). The van der Waals surface area contributed by atoms with Gasteiger partial charge < -0.3 is 5.32 Å². The summed E-state index contributed by atoms with van der Waals surface area (Å²) in [7, 11) is 0. The Morgan fingerprint density at radius 2 is 1.86 bits per heavy atom. The van der Waals surface area contributed by atoms with Crippen LogP contribution < -0.4 is 5.32 Å². The summed E-state index contributed by atoms with van der Waals surface area (Å²) in [5.74, 6) is 0.713. The van der Waals surface area contributed by atoms with E-state index >= 15 is 0 Å². The Bertz CT molecular complexity index is 609. The number of hydrogen-bond donors (Lipinski definition) is 1. The van der Waals surface area contributed by atoms with E-state index in [1.54, 1.807) is 0 Å². The summed E-state index contributed by atoms with van der Waals surface area (Å²) < 4.78 is 0. The number of fused-ring (bicyclic) bond motifs is 1. The zero-order valence-corrected chi connectivity index (χ0v) is 14.2. The first kappa shape index (κ1) is 16.0. The lowest BCUT2D eigenvalue weighted by Crippen LogP contribution is -2.31. The molecule has 2 aromatic rings. The lowest BCUT2D eigenvalue weighted by atomic mass is 10.0. The monoisotopic (exact) mass is 347 g/mol. The number of alkyl halides is 1. The Morgan fingerprint density at radius 1 is 1.14 bits per heavy atom. The minimum Gasteiger partial charge on any atom is -0.355 e. The van der Waals surface area contributed by atoms with E-state index in [2.05, 4.69) is 59.4 Å². The predicted octanol–water partition coefficient (Wildman–Crippen LogP) is 4.31. The maximum atomic E-state index is 12.0. The van der Waals surface area contributed by atoms with E-state index in [4.69, 9.17) is 0 Å². The van der Waals surface area contributed by atoms with E-state index in [0.29, 0.717) is 23.7 Å². The minimum atomic E-state index is 0.0819. The summed E-state index contributed by atoms with van der Waals surface area (Å²) >= 11 is 3.61. The van der Waals surface area contributed by atoms with Gasteiger partial charge in [-0.25, -0.2) is 0 Å². The van der Waals surface area contributed by atoms with Gasteiger partial charge in [-0.2, -0.15) is 0 Å². The van der Waals surface area contributed by atoms with Crippen molar-refractivity contribution in [2.45, 2.75) is 31.5 Å². The molecule has 2 aromatic carbocycles. The molecule has 0 spiro atoms. The number of nitrogens with one attached hydrogen (secondary N) is 1. The summed E-state index contributed by atoms with van der Waals surface area (Å²) in [6, 6.07) is 14.4. The second-order valence-corrected chi connectivity index (χ2v) is 7.18. The molecule has 1 atom stereocenters. The van der Waals surface area contributed by atoms with Gasteiger partial charge in [-0.1, -0.05) is 72.2 Å². The Balaban J connectivity index is 1.89. The highest BCUT2D eigenvalue weighted by molar-refractivity contribution is 9.09. The van der Waals surface area contributed by atoms with Crippen LogP contribution >= 0.6 is 15.9 Å². The van der Waals surface area contributed by atoms with Crippen LogP contribution in [0.3, 0.4) is 0 Å². The number of carbonyl (C=O) groups excluding carboxylic acids is 1. The summed E-state index contributed by atoms with van der Waals surface area (Å²) in [5.41, 5.74) is 1.06. The summed E-state index contributed by atoms with van der Waals surface area (Å²) in [6.07, 6.45) is 1.50. The first-order valence-electron chi connectivity index (χ1n) is 7.43. The van der Waals surface area contributed by atoms with Crippen LogP contribution in [0.15, 0.2) is 42.5 Å². The third-order valence-electron chi connectivity index (χ3n) is 3.43. The molecule has 0 aliphatic carbocycles. The molecule has 0 aliphatic rings. The first-order chi connectivity index (χ1) is 10.0. The topological polar surface area (TPSA) is 29.1 Å². The normalized spacial score (nSPS) is 12.6. The number of rotatable bonds is 6. The van der Waals surface area contributed by atoms with Gasteiger partial charge in [0, 0.05) is 11.4 Å². The maximum absolute atomic E-state index is 12.0. The molecule has 2 nitrogen and oxygen atoms in total. The molecule has 1 amide bonds. The van der Waals surface area contributed by atoms with Gasteiger partial charge in [-0.05, 0) is 28.7 Å². The van der Waals surface area contributed by atoms with Gasteiger partial charge in [0.25, 0.3) is 0 Å². The number of halogens is 1. The molecule has 0 bridgehead atoms. The van der Waals surface area contributed by atoms with Crippen molar-refractivity contribution in [3.8, 4) is 0 Å². The van der Waals surface area contributed by atoms with Crippen molar-refractivity contribution in [1.29, 1.82) is 0 Å². The van der Waals surface area contributed by atoms with Crippen molar-refractivity contribution in [2.75, 3.05) is 6.54 Å². The molecule has 112 valence electrons. The predicted molar refractivity (Wildman–Crippen MR) is 92.8 cm³/mol. The minimum absolute atomic E-state index is 0.0819. The van der Waals surface area contributed by atoms with Gasteiger partial charge in [0.15, 0.2) is 0 Å². The van der Waals surface area contributed by atoms with E-state index in [1.807, 2.05) is 18.2 Å². The Hall–Kier alpha value is -1.35. The van der Waals surface area contributed by atoms with Crippen molar-refractivity contribution < 1.29 is 4.79 Å². The number of carbonyl (C=O) groups is 1. The third-order valence-corrected chi connectivity index (χ3v) is 4.12. The van der Waals surface area contributed by atoms with Crippen molar-refractivity contribution in [2.24, 2.45) is 5.92 Å². The number of hydrogen-bond acceptors (Lipinski definition) is 1. The zero-order chi connectivity index (χ0) is 15.2. The van der Waals surface area contributed by atoms with E-state index < -0.39 is 0 Å². The molecule has 0 radical (unpaired) electrons. The molecule has 0 saturated carbocycles. The van der Waals surface area contributed by atoms with Crippen LogP contribution in [0.5, 0.6) is 0 Å². The fourth-order valence-corrected chi connectivity index (χ4v) is 3.33. The van der Waals surface area contributed by atoms with Gasteiger partial charge in [-0.15, -0.1) is 0 Å². The smallest absolute Gasteiger partial charge is 0.224 e. The maximum Gasteiger partial charge on any atom is 0.224 e. The van der Waals surface area contributed by atoms with Gasteiger partial charge in [-0.3, -0.25) is 4.79 Å². The quantitative estimate of drug-likeness (QED) is 0.775. The van der Waals surface area contributed by atoms with Crippen molar-refractivity contribution >= 4 is 32.6 Å². The Morgan fingerprint density at radius 3 is 2.57 bits per heavy atom. The van der Waals surface area contributed by atoms with Crippen molar-refractivity contribution in [1.82, 2.24) is 5.32 Å². The zero-order valence-electron chi connectivity index (χ0n) is 12.6. The van der Waals surface area contributed by atoms with Crippen LogP contribution in [-0.2, 0) is 11.2 Å². The average molecular weight is 348 g/mol. The molecule has 0 heterocycles. The fraction of sp³-hybridized carbons (Fsp3) is 0.389. The summed E-state index contributed by atoms with van der Waals surface area (Å²) in [5, 5.41) is 5.39. The van der Waals surface area contributed by atoms with E-state index in [0.717, 1.165) is 12.0 Å². The third kappa shape index (κ3) is 5.16. The average Bonchev–Trinajstić information content (AvgIpc) is 2.44. The Labute approximate surface area is 135 Å². The first-order valence-corrected chi connectivity index (χ1v) is 8.34. The molecule has 2 rings (SSSR count). The molecule has 0 aromatic heterocycles. The van der Waals surface area contributed by atoms with Crippen LogP contribution in [-0.4, -0.2) is 17.3 Å². The van der Waals surface area contributed by atoms with E-state index in [-0.39, 0.29) is 5.91 Å². The second kappa shape index (κ2) is 7.60. The van der Waals surface area contributed by atoms with E-state index in [9.17, 15) is 4.79 Å². The Kier molecular flexibility index (Phi) is 5.80. The van der Waals surface area contributed by atoms with E-state index in [1.165, 1.54) is 10.8 Å². The van der Waals surface area contributed by atoms with Crippen molar-refractivity contribution in [3.05, 3.63) is 48.0 Å². The van der Waals surface area contributed by atoms with Crippen LogP contribution in [0.4, 0.5) is 0 Å².